The number of nitrogens with zero attached hydrogens (tertiary/aromatic N) is 1. The molecule has 5 nitrogen and oxygen atoms in total. The van der Waals surface area contributed by atoms with Crippen LogP contribution in [0.3, 0.4) is 0 Å². The summed E-state index contributed by atoms with van der Waals surface area (Å²) in [7, 11) is -3.27. The molecular formula is C17H17BrN2O3S. The van der Waals surface area contributed by atoms with Crippen LogP contribution in [0.1, 0.15) is 22.8 Å². The smallest absolute Gasteiger partial charge is 0.255 e. The van der Waals surface area contributed by atoms with E-state index in [-0.39, 0.29) is 11.7 Å². The molecule has 0 bridgehead atoms. The first-order valence-electron chi connectivity index (χ1n) is 7.61. The fourth-order valence-electron chi connectivity index (χ4n) is 2.69. The number of anilines is 2. The van der Waals surface area contributed by atoms with E-state index in [2.05, 4.69) is 21.2 Å². The second-order valence-corrected chi connectivity index (χ2v) is 8.62. The monoisotopic (exact) mass is 408 g/mol. The van der Waals surface area contributed by atoms with Gasteiger partial charge < -0.3 is 5.32 Å². The molecule has 0 aromatic heterocycles. The van der Waals surface area contributed by atoms with Gasteiger partial charge in [-0.1, -0.05) is 15.9 Å². The second kappa shape index (κ2) is 6.57. The molecule has 0 radical (unpaired) electrons. The summed E-state index contributed by atoms with van der Waals surface area (Å²) in [6, 6.07) is 12.5. The molecule has 2 aromatic rings. The summed E-state index contributed by atoms with van der Waals surface area (Å²) in [5.74, 6) is -0.143. The molecule has 1 aliphatic heterocycles. The van der Waals surface area contributed by atoms with Crippen molar-refractivity contribution in [2.75, 3.05) is 21.9 Å². The van der Waals surface area contributed by atoms with Gasteiger partial charge in [-0.05, 0) is 61.4 Å². The van der Waals surface area contributed by atoms with Gasteiger partial charge in [0, 0.05) is 22.3 Å². The van der Waals surface area contributed by atoms with Crippen LogP contribution in [0.2, 0.25) is 0 Å². The van der Waals surface area contributed by atoms with Gasteiger partial charge in [-0.15, -0.1) is 0 Å². The second-order valence-electron chi connectivity index (χ2n) is 5.53. The van der Waals surface area contributed by atoms with Gasteiger partial charge in [0.05, 0.1) is 11.4 Å². The Hall–Kier alpha value is -1.86. The predicted octanol–water partition coefficient (Wildman–Crippen LogP) is 3.41. The largest absolute Gasteiger partial charge is 0.322 e. The molecule has 7 heteroatoms. The van der Waals surface area contributed by atoms with Crippen molar-refractivity contribution in [2.45, 2.75) is 13.3 Å². The van der Waals surface area contributed by atoms with E-state index in [1.165, 1.54) is 4.31 Å². The van der Waals surface area contributed by atoms with Crippen molar-refractivity contribution in [2.24, 2.45) is 0 Å². The number of benzene rings is 2. The number of sulfonamides is 1. The zero-order chi connectivity index (χ0) is 17.3. The fourth-order valence-corrected chi connectivity index (χ4v) is 4.12. The van der Waals surface area contributed by atoms with Gasteiger partial charge in [0.25, 0.3) is 5.91 Å². The van der Waals surface area contributed by atoms with Gasteiger partial charge in [-0.2, -0.15) is 0 Å². The maximum absolute atomic E-state index is 12.4. The van der Waals surface area contributed by atoms with Crippen LogP contribution in [0, 0.1) is 0 Å². The number of carbonyl (C=O) groups is 1. The molecule has 1 heterocycles. The number of amides is 1. The first kappa shape index (κ1) is 17.0. The minimum atomic E-state index is -3.27. The van der Waals surface area contributed by atoms with Crippen LogP contribution in [0.15, 0.2) is 46.9 Å². The van der Waals surface area contributed by atoms with Gasteiger partial charge in [-0.25, -0.2) is 8.42 Å². The van der Waals surface area contributed by atoms with E-state index in [4.69, 9.17) is 0 Å². The first-order chi connectivity index (χ1) is 11.4. The zero-order valence-electron chi connectivity index (χ0n) is 13.1. The quantitative estimate of drug-likeness (QED) is 0.842. The number of nitrogens with one attached hydrogen (secondary N) is 1. The Kier molecular flexibility index (Phi) is 4.64. The molecular weight excluding hydrogens is 392 g/mol. The van der Waals surface area contributed by atoms with Crippen LogP contribution < -0.4 is 9.62 Å². The molecule has 0 saturated carbocycles. The van der Waals surface area contributed by atoms with Crippen LogP contribution in [0.25, 0.3) is 0 Å². The van der Waals surface area contributed by atoms with Crippen LogP contribution in [-0.4, -0.2) is 26.6 Å². The highest BCUT2D eigenvalue weighted by atomic mass is 79.9. The Morgan fingerprint density at radius 3 is 2.58 bits per heavy atom. The lowest BCUT2D eigenvalue weighted by Gasteiger charge is -2.18. The number of hydrogen-bond donors (Lipinski definition) is 1. The Balaban J connectivity index is 1.82. The number of carbonyl (C=O) groups excluding carboxylic acids is 1. The number of rotatable bonds is 4. The normalized spacial score (nSPS) is 13.7. The van der Waals surface area contributed by atoms with Crippen molar-refractivity contribution in [3.8, 4) is 0 Å². The molecule has 3 rings (SSSR count). The van der Waals surface area contributed by atoms with E-state index in [0.717, 1.165) is 10.0 Å². The van der Waals surface area contributed by atoms with Gasteiger partial charge in [0.1, 0.15) is 0 Å². The molecule has 0 spiro atoms. The lowest BCUT2D eigenvalue weighted by molar-refractivity contribution is 0.102. The maximum Gasteiger partial charge on any atom is 0.255 e. The van der Waals surface area contributed by atoms with E-state index in [1.807, 2.05) is 24.3 Å². The van der Waals surface area contributed by atoms with Crippen molar-refractivity contribution in [1.82, 2.24) is 0 Å². The summed E-state index contributed by atoms with van der Waals surface area (Å²) in [6.07, 6.45) is 0.619. The highest BCUT2D eigenvalue weighted by Crippen LogP contribution is 2.31. The summed E-state index contributed by atoms with van der Waals surface area (Å²) < 4.78 is 26.6. The molecule has 0 atom stereocenters. The molecule has 0 saturated heterocycles. The Morgan fingerprint density at radius 2 is 1.92 bits per heavy atom. The zero-order valence-corrected chi connectivity index (χ0v) is 15.5. The van der Waals surface area contributed by atoms with Gasteiger partial charge in [0.15, 0.2) is 0 Å². The summed E-state index contributed by atoms with van der Waals surface area (Å²) in [4.78, 5) is 12.4. The third-order valence-corrected chi connectivity index (χ3v) is 6.31. The summed E-state index contributed by atoms with van der Waals surface area (Å²) >= 11 is 3.35. The Bertz CT molecular complexity index is 879. The molecule has 0 unspecified atom stereocenters. The fraction of sp³-hybridized carbons (Fsp3) is 0.235. The molecule has 24 heavy (non-hydrogen) atoms. The third-order valence-electron chi connectivity index (χ3n) is 4.00. The van der Waals surface area contributed by atoms with Crippen molar-refractivity contribution < 1.29 is 13.2 Å². The van der Waals surface area contributed by atoms with Crippen molar-refractivity contribution in [3.63, 3.8) is 0 Å². The highest BCUT2D eigenvalue weighted by molar-refractivity contribution is 9.10. The average Bonchev–Trinajstić information content (AvgIpc) is 3.00. The van der Waals surface area contributed by atoms with E-state index in [9.17, 15) is 13.2 Å². The molecule has 1 aliphatic rings. The van der Waals surface area contributed by atoms with E-state index < -0.39 is 10.0 Å². The van der Waals surface area contributed by atoms with E-state index >= 15 is 0 Å². The number of fused-ring (bicyclic) bond motifs is 1. The standard InChI is InChI=1S/C17H17BrN2O3S/c1-2-24(22,23)20-10-9-12-11-13(3-8-16(12)20)17(21)19-15-6-4-14(18)5-7-15/h3-8,11H,2,9-10H2,1H3,(H,19,21). The van der Waals surface area contributed by atoms with Gasteiger partial charge in [-0.3, -0.25) is 9.10 Å². The molecule has 2 aromatic carbocycles. The van der Waals surface area contributed by atoms with Crippen LogP contribution in [0.5, 0.6) is 0 Å². The van der Waals surface area contributed by atoms with Gasteiger partial charge in [0.2, 0.25) is 10.0 Å². The summed E-state index contributed by atoms with van der Waals surface area (Å²) in [5, 5.41) is 2.84. The van der Waals surface area contributed by atoms with E-state index in [0.29, 0.717) is 29.9 Å². The average molecular weight is 409 g/mol. The van der Waals surface area contributed by atoms with Crippen LogP contribution in [-0.2, 0) is 16.4 Å². The molecule has 0 aliphatic carbocycles. The minimum absolute atomic E-state index is 0.0677. The number of halogens is 1. The topological polar surface area (TPSA) is 66.5 Å². The van der Waals surface area contributed by atoms with E-state index in [1.54, 1.807) is 25.1 Å². The van der Waals surface area contributed by atoms with Crippen LogP contribution >= 0.6 is 15.9 Å². The molecule has 0 fully saturated rings. The summed E-state index contributed by atoms with van der Waals surface area (Å²) in [6.45, 7) is 2.07. The van der Waals surface area contributed by atoms with Gasteiger partial charge >= 0.3 is 0 Å². The number of hydrogen-bond acceptors (Lipinski definition) is 3. The predicted molar refractivity (Wildman–Crippen MR) is 99.0 cm³/mol. The Labute approximate surface area is 149 Å². The van der Waals surface area contributed by atoms with Crippen molar-refractivity contribution in [3.05, 3.63) is 58.1 Å². The minimum Gasteiger partial charge on any atom is -0.322 e. The lowest BCUT2D eigenvalue weighted by atomic mass is 10.1. The molecule has 1 amide bonds. The first-order valence-corrected chi connectivity index (χ1v) is 10.0. The van der Waals surface area contributed by atoms with Crippen molar-refractivity contribution >= 4 is 43.2 Å². The van der Waals surface area contributed by atoms with Crippen LogP contribution in [0.4, 0.5) is 11.4 Å². The SMILES string of the molecule is CCS(=O)(=O)N1CCc2cc(C(=O)Nc3ccc(Br)cc3)ccc21. The third kappa shape index (κ3) is 3.32. The van der Waals surface area contributed by atoms with Crippen molar-refractivity contribution in [1.29, 1.82) is 0 Å². The molecule has 1 N–H and O–H groups in total. The summed E-state index contributed by atoms with van der Waals surface area (Å²) in [5.41, 5.74) is 2.79. The maximum atomic E-state index is 12.4. The molecule has 126 valence electrons. The highest BCUT2D eigenvalue weighted by Gasteiger charge is 2.28. The lowest BCUT2D eigenvalue weighted by Crippen LogP contribution is -2.30. The Morgan fingerprint density at radius 1 is 1.21 bits per heavy atom.